The largest absolute Gasteiger partial charge is 0.277 e. The van der Waals surface area contributed by atoms with Crippen LogP contribution in [0.25, 0.3) is 11.1 Å². The summed E-state index contributed by atoms with van der Waals surface area (Å²) in [6.07, 6.45) is 0. The molecule has 0 N–H and O–H groups in total. The lowest BCUT2D eigenvalue weighted by Crippen LogP contribution is -1.97. The van der Waals surface area contributed by atoms with Gasteiger partial charge in [-0.15, -0.1) is 0 Å². The molecule has 0 aliphatic rings. The first-order valence-corrected chi connectivity index (χ1v) is 7.90. The Kier molecular flexibility index (Phi) is 8.94. The Morgan fingerprint density at radius 2 is 0.958 bits per heavy atom. The molecule has 0 fully saturated rings. The molecule has 0 saturated heterocycles. The number of aryl methyl sites for hydroxylation is 2. The Morgan fingerprint density at radius 1 is 0.667 bits per heavy atom. The Balaban J connectivity index is 0.00000123. The Bertz CT molecular complexity index is 651. The van der Waals surface area contributed by atoms with Crippen LogP contribution in [0.2, 0.25) is 0 Å². The van der Waals surface area contributed by atoms with Crippen LogP contribution in [0.3, 0.4) is 0 Å². The SMILES string of the molecule is CC.CC.Cc1ccc(-c2ccc(C)cc2[N+](=O)[O-])c([N+](=O)[O-])c1. The molecule has 2 rings (SSSR count). The van der Waals surface area contributed by atoms with Gasteiger partial charge in [-0.3, -0.25) is 20.2 Å². The van der Waals surface area contributed by atoms with Gasteiger partial charge in [0, 0.05) is 12.1 Å². The molecule has 0 spiro atoms. The molecule has 0 aliphatic carbocycles. The van der Waals surface area contributed by atoms with E-state index in [4.69, 9.17) is 0 Å². The van der Waals surface area contributed by atoms with Crippen LogP contribution in [0.1, 0.15) is 38.8 Å². The monoisotopic (exact) mass is 332 g/mol. The second kappa shape index (κ2) is 10.1. The minimum absolute atomic E-state index is 0.128. The maximum absolute atomic E-state index is 11.1. The fourth-order valence-electron chi connectivity index (χ4n) is 2.04. The van der Waals surface area contributed by atoms with E-state index in [9.17, 15) is 20.2 Å². The van der Waals surface area contributed by atoms with Crippen molar-refractivity contribution in [2.24, 2.45) is 0 Å². The normalized spacial score (nSPS) is 9.08. The van der Waals surface area contributed by atoms with Crippen molar-refractivity contribution in [1.29, 1.82) is 0 Å². The van der Waals surface area contributed by atoms with Crippen molar-refractivity contribution >= 4 is 11.4 Å². The van der Waals surface area contributed by atoms with Crippen molar-refractivity contribution in [1.82, 2.24) is 0 Å². The van der Waals surface area contributed by atoms with Gasteiger partial charge in [0.25, 0.3) is 11.4 Å². The molecule has 24 heavy (non-hydrogen) atoms. The zero-order chi connectivity index (χ0) is 18.9. The molecule has 0 unspecified atom stereocenters. The van der Waals surface area contributed by atoms with Crippen LogP contribution in [-0.4, -0.2) is 9.85 Å². The van der Waals surface area contributed by atoms with Crippen molar-refractivity contribution in [3.63, 3.8) is 0 Å². The minimum atomic E-state index is -0.522. The van der Waals surface area contributed by atoms with E-state index in [1.165, 1.54) is 12.1 Å². The molecule has 0 saturated carbocycles. The van der Waals surface area contributed by atoms with Crippen LogP contribution in [0.5, 0.6) is 0 Å². The lowest BCUT2D eigenvalue weighted by Gasteiger charge is -2.06. The van der Waals surface area contributed by atoms with E-state index in [-0.39, 0.29) is 22.5 Å². The Hall–Kier alpha value is -2.76. The zero-order valence-electron chi connectivity index (χ0n) is 15.0. The summed E-state index contributed by atoms with van der Waals surface area (Å²) in [7, 11) is 0. The number of benzene rings is 2. The highest BCUT2D eigenvalue weighted by atomic mass is 16.6. The first-order valence-electron chi connectivity index (χ1n) is 7.90. The van der Waals surface area contributed by atoms with E-state index in [1.807, 2.05) is 27.7 Å². The lowest BCUT2D eigenvalue weighted by molar-refractivity contribution is -0.386. The van der Waals surface area contributed by atoms with Crippen molar-refractivity contribution in [2.75, 3.05) is 0 Å². The van der Waals surface area contributed by atoms with Gasteiger partial charge in [0.05, 0.1) is 21.0 Å². The summed E-state index contributed by atoms with van der Waals surface area (Å²) >= 11 is 0. The van der Waals surface area contributed by atoms with Gasteiger partial charge in [-0.05, 0) is 37.1 Å². The summed E-state index contributed by atoms with van der Waals surface area (Å²) in [6.45, 7) is 11.5. The topological polar surface area (TPSA) is 86.3 Å². The molecule has 0 amide bonds. The second-order valence-electron chi connectivity index (χ2n) is 4.56. The summed E-state index contributed by atoms with van der Waals surface area (Å²) in [4.78, 5) is 21.2. The molecule has 2 aromatic rings. The zero-order valence-corrected chi connectivity index (χ0v) is 15.0. The highest BCUT2D eigenvalue weighted by Gasteiger charge is 2.22. The molecule has 0 aliphatic heterocycles. The van der Waals surface area contributed by atoms with Crippen molar-refractivity contribution < 1.29 is 9.85 Å². The van der Waals surface area contributed by atoms with Crippen molar-refractivity contribution in [3.05, 3.63) is 67.8 Å². The third kappa shape index (κ3) is 5.15. The van der Waals surface area contributed by atoms with Crippen LogP contribution in [0.4, 0.5) is 11.4 Å². The summed E-state index contributed by atoms with van der Waals surface area (Å²) in [5, 5.41) is 22.3. The molecule has 6 heteroatoms. The molecule has 0 atom stereocenters. The van der Waals surface area contributed by atoms with E-state index >= 15 is 0 Å². The van der Waals surface area contributed by atoms with Gasteiger partial charge in [-0.1, -0.05) is 39.8 Å². The fraction of sp³-hybridized carbons (Fsp3) is 0.333. The molecular weight excluding hydrogens is 308 g/mol. The smallest absolute Gasteiger partial charge is 0.258 e. The summed E-state index contributed by atoms with van der Waals surface area (Å²) in [6, 6.07) is 9.33. The van der Waals surface area contributed by atoms with E-state index in [1.54, 1.807) is 38.1 Å². The minimum Gasteiger partial charge on any atom is -0.258 e. The van der Waals surface area contributed by atoms with Gasteiger partial charge in [-0.25, -0.2) is 0 Å². The lowest BCUT2D eigenvalue weighted by atomic mass is 9.99. The molecule has 0 bridgehead atoms. The maximum Gasteiger partial charge on any atom is 0.277 e. The molecular formula is C18H24N2O4. The molecule has 130 valence electrons. The number of hydrogen-bond donors (Lipinski definition) is 0. The predicted octanol–water partition coefficient (Wildman–Crippen LogP) is 5.84. The summed E-state index contributed by atoms with van der Waals surface area (Å²) in [5.41, 5.74) is 1.72. The quantitative estimate of drug-likeness (QED) is 0.522. The van der Waals surface area contributed by atoms with E-state index in [0.717, 1.165) is 11.1 Å². The molecule has 0 aromatic heterocycles. The van der Waals surface area contributed by atoms with Crippen LogP contribution >= 0.6 is 0 Å². The number of nitro groups is 2. The van der Waals surface area contributed by atoms with Gasteiger partial charge in [0.1, 0.15) is 0 Å². The number of hydrogen-bond acceptors (Lipinski definition) is 4. The molecule has 0 radical (unpaired) electrons. The van der Waals surface area contributed by atoms with Gasteiger partial charge >= 0.3 is 0 Å². The average molecular weight is 332 g/mol. The van der Waals surface area contributed by atoms with Gasteiger partial charge in [-0.2, -0.15) is 0 Å². The maximum atomic E-state index is 11.1. The van der Waals surface area contributed by atoms with Crippen LogP contribution < -0.4 is 0 Å². The predicted molar refractivity (Wildman–Crippen MR) is 97.4 cm³/mol. The summed E-state index contributed by atoms with van der Waals surface area (Å²) in [5.74, 6) is 0. The van der Waals surface area contributed by atoms with E-state index in [2.05, 4.69) is 0 Å². The van der Waals surface area contributed by atoms with Gasteiger partial charge in [0.15, 0.2) is 0 Å². The fourth-order valence-corrected chi connectivity index (χ4v) is 2.04. The standard InChI is InChI=1S/C14H12N2O4.2C2H6/c1-9-3-5-11(13(7-9)15(17)18)12-6-4-10(2)8-14(12)16(19)20;2*1-2/h3-8H,1-2H3;2*1-2H3. The van der Waals surface area contributed by atoms with Crippen LogP contribution in [0, 0.1) is 34.1 Å². The molecule has 2 aromatic carbocycles. The average Bonchev–Trinajstić information content (AvgIpc) is 2.58. The van der Waals surface area contributed by atoms with E-state index in [0.29, 0.717) is 0 Å². The highest BCUT2D eigenvalue weighted by molar-refractivity contribution is 5.81. The van der Waals surface area contributed by atoms with Crippen LogP contribution in [0.15, 0.2) is 36.4 Å². The molecule has 0 heterocycles. The van der Waals surface area contributed by atoms with Gasteiger partial charge in [0.2, 0.25) is 0 Å². The van der Waals surface area contributed by atoms with E-state index < -0.39 is 9.85 Å². The first-order chi connectivity index (χ1) is 11.4. The van der Waals surface area contributed by atoms with Gasteiger partial charge < -0.3 is 0 Å². The van der Waals surface area contributed by atoms with Crippen molar-refractivity contribution in [3.8, 4) is 11.1 Å². The highest BCUT2D eigenvalue weighted by Crippen LogP contribution is 2.36. The summed E-state index contributed by atoms with van der Waals surface area (Å²) < 4.78 is 0. The third-order valence-electron chi connectivity index (χ3n) is 2.99. The first kappa shape index (κ1) is 21.2. The second-order valence-corrected chi connectivity index (χ2v) is 4.56. The number of nitro benzene ring substituents is 2. The Labute approximate surface area is 142 Å². The Morgan fingerprint density at radius 3 is 1.21 bits per heavy atom. The third-order valence-corrected chi connectivity index (χ3v) is 2.99. The molecule has 6 nitrogen and oxygen atoms in total. The number of rotatable bonds is 3. The van der Waals surface area contributed by atoms with Crippen LogP contribution in [-0.2, 0) is 0 Å². The number of nitrogens with zero attached hydrogens (tertiary/aromatic N) is 2. The van der Waals surface area contributed by atoms with Crippen molar-refractivity contribution in [2.45, 2.75) is 41.5 Å².